The number of nitrogens with zero attached hydrogens (tertiary/aromatic N) is 2. The molecule has 1 aromatic heterocycles. The summed E-state index contributed by atoms with van der Waals surface area (Å²) in [7, 11) is 0. The van der Waals surface area contributed by atoms with Crippen LogP contribution in [0.5, 0.6) is 0 Å². The normalized spacial score (nSPS) is 13.6. The molecule has 1 aromatic carbocycles. The van der Waals surface area contributed by atoms with E-state index in [0.717, 1.165) is 11.3 Å². The average Bonchev–Trinajstić information content (AvgIpc) is 3.03. The molecule has 118 valence electrons. The fraction of sp³-hybridized carbons (Fsp3) is 0.375. The number of hydrogen-bond donors (Lipinski definition) is 2. The summed E-state index contributed by atoms with van der Waals surface area (Å²) in [6.45, 7) is 1.97. The Labute approximate surface area is 134 Å². The maximum Gasteiger partial charge on any atom is 0.224 e. The molecule has 0 fully saturated rings. The second kappa shape index (κ2) is 8.00. The van der Waals surface area contributed by atoms with Crippen LogP contribution < -0.4 is 5.32 Å². The zero-order valence-electron chi connectivity index (χ0n) is 12.8. The Hall–Kier alpha value is -1.79. The van der Waals surface area contributed by atoms with Crippen molar-refractivity contribution in [1.82, 2.24) is 15.1 Å². The first-order valence-corrected chi connectivity index (χ1v) is 8.44. The number of thioether (sulfide) groups is 1. The lowest BCUT2D eigenvalue weighted by Crippen LogP contribution is -2.41. The van der Waals surface area contributed by atoms with Crippen LogP contribution in [0.1, 0.15) is 12.5 Å². The van der Waals surface area contributed by atoms with Crippen LogP contribution in [0.25, 0.3) is 5.69 Å². The van der Waals surface area contributed by atoms with Crippen molar-refractivity contribution in [3.05, 3.63) is 48.3 Å². The van der Waals surface area contributed by atoms with Gasteiger partial charge in [0.1, 0.15) is 0 Å². The van der Waals surface area contributed by atoms with Crippen LogP contribution in [0.2, 0.25) is 0 Å². The Bertz CT molecular complexity index is 580. The summed E-state index contributed by atoms with van der Waals surface area (Å²) in [6.07, 6.45) is 5.86. The Balaban J connectivity index is 1.92. The van der Waals surface area contributed by atoms with Gasteiger partial charge in [0.15, 0.2) is 0 Å². The summed E-state index contributed by atoms with van der Waals surface area (Å²) in [5.41, 5.74) is 1.91. The highest BCUT2D eigenvalue weighted by Crippen LogP contribution is 2.12. The summed E-state index contributed by atoms with van der Waals surface area (Å²) in [5, 5.41) is 16.4. The monoisotopic (exact) mass is 319 g/mol. The van der Waals surface area contributed by atoms with Gasteiger partial charge in [0.2, 0.25) is 5.91 Å². The Kier molecular flexibility index (Phi) is 6.03. The SMILES string of the molecule is CS[C@@H](CO)[C@H](C)NC(=O)Cc1ccc(-n2cccn2)cc1. The second-order valence-corrected chi connectivity index (χ2v) is 6.18. The van der Waals surface area contributed by atoms with Gasteiger partial charge in [-0.15, -0.1) is 0 Å². The zero-order valence-corrected chi connectivity index (χ0v) is 13.6. The number of carbonyl (C=O) groups is 1. The van der Waals surface area contributed by atoms with E-state index in [-0.39, 0.29) is 23.8 Å². The second-order valence-electron chi connectivity index (χ2n) is 5.11. The number of benzene rings is 1. The maximum atomic E-state index is 12.1. The number of aliphatic hydroxyl groups excluding tert-OH is 1. The van der Waals surface area contributed by atoms with E-state index < -0.39 is 0 Å². The van der Waals surface area contributed by atoms with Gasteiger partial charge < -0.3 is 10.4 Å². The molecule has 6 heteroatoms. The number of aliphatic hydroxyl groups is 1. The van der Waals surface area contributed by atoms with Crippen molar-refractivity contribution >= 4 is 17.7 Å². The summed E-state index contributed by atoms with van der Waals surface area (Å²) in [4.78, 5) is 12.1. The molecule has 2 aromatic rings. The van der Waals surface area contributed by atoms with Crippen LogP contribution in [0.15, 0.2) is 42.7 Å². The minimum atomic E-state index is -0.0594. The molecule has 0 aliphatic heterocycles. The van der Waals surface area contributed by atoms with Gasteiger partial charge in [-0.05, 0) is 36.9 Å². The smallest absolute Gasteiger partial charge is 0.224 e. The van der Waals surface area contributed by atoms with Gasteiger partial charge in [-0.1, -0.05) is 12.1 Å². The van der Waals surface area contributed by atoms with E-state index in [4.69, 9.17) is 0 Å². The quantitative estimate of drug-likeness (QED) is 0.814. The summed E-state index contributed by atoms with van der Waals surface area (Å²) < 4.78 is 1.77. The molecule has 1 amide bonds. The largest absolute Gasteiger partial charge is 0.395 e. The van der Waals surface area contributed by atoms with Crippen molar-refractivity contribution in [2.24, 2.45) is 0 Å². The van der Waals surface area contributed by atoms with Crippen molar-refractivity contribution in [1.29, 1.82) is 0 Å². The first kappa shape index (κ1) is 16.6. The third kappa shape index (κ3) is 4.35. The zero-order chi connectivity index (χ0) is 15.9. The van der Waals surface area contributed by atoms with E-state index in [2.05, 4.69) is 10.4 Å². The number of aromatic nitrogens is 2. The molecule has 1 heterocycles. The van der Waals surface area contributed by atoms with Crippen LogP contribution in [0.3, 0.4) is 0 Å². The van der Waals surface area contributed by atoms with Gasteiger partial charge in [-0.2, -0.15) is 16.9 Å². The molecule has 0 aliphatic rings. The van der Waals surface area contributed by atoms with Gasteiger partial charge in [0.05, 0.1) is 18.7 Å². The summed E-state index contributed by atoms with van der Waals surface area (Å²) in [6, 6.07) is 9.55. The molecule has 0 saturated carbocycles. The fourth-order valence-electron chi connectivity index (χ4n) is 2.21. The van der Waals surface area contributed by atoms with Crippen LogP contribution in [-0.2, 0) is 11.2 Å². The average molecular weight is 319 g/mol. The number of carbonyl (C=O) groups excluding carboxylic acids is 1. The van der Waals surface area contributed by atoms with E-state index in [9.17, 15) is 9.90 Å². The van der Waals surface area contributed by atoms with E-state index in [1.54, 1.807) is 22.6 Å². The van der Waals surface area contributed by atoms with Gasteiger partial charge >= 0.3 is 0 Å². The van der Waals surface area contributed by atoms with Crippen LogP contribution in [0.4, 0.5) is 0 Å². The highest BCUT2D eigenvalue weighted by Gasteiger charge is 2.17. The van der Waals surface area contributed by atoms with Crippen molar-refractivity contribution < 1.29 is 9.90 Å². The highest BCUT2D eigenvalue weighted by molar-refractivity contribution is 7.99. The topological polar surface area (TPSA) is 67.2 Å². The van der Waals surface area contributed by atoms with E-state index in [1.165, 1.54) is 0 Å². The first-order chi connectivity index (χ1) is 10.6. The first-order valence-electron chi connectivity index (χ1n) is 7.16. The third-order valence-electron chi connectivity index (χ3n) is 3.50. The fourth-order valence-corrected chi connectivity index (χ4v) is 2.83. The lowest BCUT2D eigenvalue weighted by Gasteiger charge is -2.21. The molecular weight excluding hydrogens is 298 g/mol. The molecule has 5 nitrogen and oxygen atoms in total. The lowest BCUT2D eigenvalue weighted by atomic mass is 10.1. The number of nitrogens with one attached hydrogen (secondary N) is 1. The molecule has 2 atom stereocenters. The molecule has 2 N–H and O–H groups in total. The lowest BCUT2D eigenvalue weighted by molar-refractivity contribution is -0.121. The third-order valence-corrected chi connectivity index (χ3v) is 4.66. The van der Waals surface area contributed by atoms with E-state index in [0.29, 0.717) is 6.42 Å². The van der Waals surface area contributed by atoms with Crippen LogP contribution >= 0.6 is 11.8 Å². The van der Waals surface area contributed by atoms with Gasteiger partial charge in [0.25, 0.3) is 0 Å². The molecule has 22 heavy (non-hydrogen) atoms. The predicted molar refractivity (Wildman–Crippen MR) is 89.3 cm³/mol. The summed E-state index contributed by atoms with van der Waals surface area (Å²) in [5.74, 6) is -0.0353. The Morgan fingerprint density at radius 2 is 2.14 bits per heavy atom. The van der Waals surface area contributed by atoms with Crippen molar-refractivity contribution in [2.75, 3.05) is 12.9 Å². The van der Waals surface area contributed by atoms with Crippen molar-refractivity contribution in [2.45, 2.75) is 24.6 Å². The minimum Gasteiger partial charge on any atom is -0.395 e. The van der Waals surface area contributed by atoms with Gasteiger partial charge in [-0.25, -0.2) is 4.68 Å². The highest BCUT2D eigenvalue weighted by atomic mass is 32.2. The molecule has 0 bridgehead atoms. The molecular formula is C16H21N3O2S. The van der Waals surface area contributed by atoms with E-state index in [1.807, 2.05) is 49.7 Å². The van der Waals surface area contributed by atoms with Crippen LogP contribution in [0, 0.1) is 0 Å². The molecule has 2 rings (SSSR count). The summed E-state index contributed by atoms with van der Waals surface area (Å²) >= 11 is 1.55. The predicted octanol–water partition coefficient (Wildman–Crippen LogP) is 1.64. The van der Waals surface area contributed by atoms with E-state index >= 15 is 0 Å². The number of amides is 1. The number of rotatable bonds is 7. The molecule has 0 saturated heterocycles. The number of hydrogen-bond acceptors (Lipinski definition) is 4. The van der Waals surface area contributed by atoms with Crippen LogP contribution in [-0.4, -0.2) is 44.9 Å². The van der Waals surface area contributed by atoms with Crippen molar-refractivity contribution in [3.63, 3.8) is 0 Å². The molecule has 0 spiro atoms. The Morgan fingerprint density at radius 1 is 1.41 bits per heavy atom. The van der Waals surface area contributed by atoms with Gasteiger partial charge in [-0.3, -0.25) is 4.79 Å². The van der Waals surface area contributed by atoms with Gasteiger partial charge in [0, 0.05) is 23.7 Å². The van der Waals surface area contributed by atoms with Crippen molar-refractivity contribution in [3.8, 4) is 5.69 Å². The molecule has 0 unspecified atom stereocenters. The molecule has 0 aliphatic carbocycles. The standard InChI is InChI=1S/C16H21N3O2S/c1-12(15(11-20)22-2)18-16(21)10-13-4-6-14(7-5-13)19-9-3-8-17-19/h3-9,12,15,20H,10-11H2,1-2H3,(H,18,21)/t12-,15-/m0/s1. The Morgan fingerprint density at radius 3 is 2.68 bits per heavy atom. The molecule has 0 radical (unpaired) electrons. The minimum absolute atomic E-state index is 0.0196. The maximum absolute atomic E-state index is 12.1.